The summed E-state index contributed by atoms with van der Waals surface area (Å²) in [7, 11) is 0. The maximum Gasteiger partial charge on any atom is 0.224 e. The van der Waals surface area contributed by atoms with Crippen molar-refractivity contribution in [1.82, 2.24) is 14.7 Å². The molecule has 2 heterocycles. The predicted octanol–water partition coefficient (Wildman–Crippen LogP) is 3.55. The van der Waals surface area contributed by atoms with Crippen LogP contribution in [-0.4, -0.2) is 15.3 Å². The van der Waals surface area contributed by atoms with Crippen molar-refractivity contribution in [1.29, 1.82) is 0 Å². The van der Waals surface area contributed by atoms with Crippen LogP contribution >= 0.6 is 11.6 Å². The summed E-state index contributed by atoms with van der Waals surface area (Å²) in [5.41, 5.74) is 2.16. The van der Waals surface area contributed by atoms with E-state index in [1.165, 1.54) is 6.07 Å². The molecule has 0 aliphatic heterocycles. The molecule has 4 rings (SSSR count). The first-order valence-corrected chi connectivity index (χ1v) is 8.15. The van der Waals surface area contributed by atoms with E-state index in [9.17, 15) is 9.18 Å². The van der Waals surface area contributed by atoms with E-state index < -0.39 is 0 Å². The monoisotopic (exact) mass is 343 g/mol. The number of hydrogen-bond acceptors (Lipinski definition) is 2. The van der Waals surface area contributed by atoms with Gasteiger partial charge in [-0.15, -0.1) is 0 Å². The lowest BCUT2D eigenvalue weighted by Crippen LogP contribution is -2.25. The predicted molar refractivity (Wildman–Crippen MR) is 89.3 cm³/mol. The summed E-state index contributed by atoms with van der Waals surface area (Å²) in [6.45, 7) is 0.346. The van der Waals surface area contributed by atoms with Crippen LogP contribution in [0.1, 0.15) is 23.6 Å². The van der Waals surface area contributed by atoms with E-state index in [1.807, 2.05) is 16.7 Å². The van der Waals surface area contributed by atoms with Gasteiger partial charge >= 0.3 is 0 Å². The van der Waals surface area contributed by atoms with E-state index in [4.69, 9.17) is 11.6 Å². The van der Waals surface area contributed by atoms with Gasteiger partial charge in [0.2, 0.25) is 5.91 Å². The van der Waals surface area contributed by atoms with Crippen molar-refractivity contribution < 1.29 is 9.18 Å². The van der Waals surface area contributed by atoms with Gasteiger partial charge in [0.25, 0.3) is 0 Å². The number of rotatable bonds is 4. The number of halogens is 2. The molecule has 1 saturated carbocycles. The zero-order valence-corrected chi connectivity index (χ0v) is 13.5. The van der Waals surface area contributed by atoms with Gasteiger partial charge in [-0.1, -0.05) is 29.8 Å². The summed E-state index contributed by atoms with van der Waals surface area (Å²) in [6, 6.07) is 10.2. The van der Waals surface area contributed by atoms with Crippen LogP contribution in [-0.2, 0) is 11.3 Å². The number of pyridine rings is 1. The highest BCUT2D eigenvalue weighted by molar-refractivity contribution is 6.30. The zero-order valence-electron chi connectivity index (χ0n) is 12.7. The summed E-state index contributed by atoms with van der Waals surface area (Å²) in [6.07, 6.45) is 4.29. The minimum Gasteiger partial charge on any atom is -0.350 e. The lowest BCUT2D eigenvalue weighted by molar-refractivity contribution is -0.122. The third kappa shape index (κ3) is 2.87. The van der Waals surface area contributed by atoms with Gasteiger partial charge in [0.1, 0.15) is 11.5 Å². The molecule has 1 fully saturated rings. The molecule has 24 heavy (non-hydrogen) atoms. The topological polar surface area (TPSA) is 46.4 Å². The number of carbonyl (C=O) groups excluding carboxylic acids is 1. The largest absolute Gasteiger partial charge is 0.350 e. The maximum atomic E-state index is 13.8. The van der Waals surface area contributed by atoms with Gasteiger partial charge < -0.3 is 9.72 Å². The van der Waals surface area contributed by atoms with Crippen molar-refractivity contribution in [3.05, 3.63) is 70.9 Å². The molecule has 0 saturated heterocycles. The van der Waals surface area contributed by atoms with Gasteiger partial charge in [-0.25, -0.2) is 9.37 Å². The maximum absolute atomic E-state index is 13.8. The van der Waals surface area contributed by atoms with Crippen molar-refractivity contribution in [3.63, 3.8) is 0 Å². The second-order valence-corrected chi connectivity index (χ2v) is 6.47. The molecule has 0 bridgehead atoms. The van der Waals surface area contributed by atoms with Crippen molar-refractivity contribution in [2.45, 2.75) is 18.9 Å². The molecule has 1 N–H and O–H groups in total. The summed E-state index contributed by atoms with van der Waals surface area (Å²) in [5, 5.41) is 3.51. The normalized spacial score (nSPS) is 19.4. The molecule has 0 radical (unpaired) electrons. The molecule has 1 aliphatic rings. The fraction of sp³-hybridized carbons (Fsp3) is 0.222. The first-order chi connectivity index (χ1) is 11.6. The Labute approximate surface area is 143 Å². The van der Waals surface area contributed by atoms with E-state index in [0.717, 1.165) is 11.3 Å². The molecule has 3 aromatic rings. The average Bonchev–Trinajstić information content (AvgIpc) is 3.26. The third-order valence-corrected chi connectivity index (χ3v) is 4.56. The Morgan fingerprint density at radius 3 is 2.96 bits per heavy atom. The third-order valence-electron chi connectivity index (χ3n) is 4.34. The van der Waals surface area contributed by atoms with Crippen LogP contribution in [0.3, 0.4) is 0 Å². The lowest BCUT2D eigenvalue weighted by atomic mass is 10.1. The standard InChI is InChI=1S/C18H15ClFN3O/c19-11-5-6-17-22-12(10-23(17)9-11)8-21-18(24)15-7-14(15)13-3-1-2-4-16(13)20/h1-6,9-10,14-15H,7-8H2,(H,21,24). The van der Waals surface area contributed by atoms with E-state index in [-0.39, 0.29) is 23.6 Å². The van der Waals surface area contributed by atoms with Gasteiger partial charge in [0.05, 0.1) is 17.3 Å². The molecule has 2 atom stereocenters. The molecule has 2 aromatic heterocycles. The van der Waals surface area contributed by atoms with E-state index in [1.54, 1.807) is 30.5 Å². The minimum absolute atomic E-state index is 0.0222. The van der Waals surface area contributed by atoms with E-state index in [2.05, 4.69) is 10.3 Å². The second-order valence-electron chi connectivity index (χ2n) is 6.03. The highest BCUT2D eigenvalue weighted by Gasteiger charge is 2.44. The fourth-order valence-corrected chi connectivity index (χ4v) is 3.18. The molecule has 4 nitrogen and oxygen atoms in total. The van der Waals surface area contributed by atoms with Gasteiger partial charge in [-0.3, -0.25) is 4.79 Å². The van der Waals surface area contributed by atoms with Gasteiger partial charge in [-0.05, 0) is 36.1 Å². The van der Waals surface area contributed by atoms with Crippen LogP contribution < -0.4 is 5.32 Å². The molecule has 1 amide bonds. The SMILES string of the molecule is O=C(NCc1cn2cc(Cl)ccc2n1)C1CC1c1ccccc1F. The number of aromatic nitrogens is 2. The Balaban J connectivity index is 1.39. The molecule has 1 aliphatic carbocycles. The van der Waals surface area contributed by atoms with Crippen molar-refractivity contribution >= 4 is 23.2 Å². The first kappa shape index (κ1) is 15.1. The van der Waals surface area contributed by atoms with Crippen LogP contribution in [0.5, 0.6) is 0 Å². The Bertz CT molecular complexity index is 924. The number of carbonyl (C=O) groups is 1. The van der Waals surface area contributed by atoms with Crippen LogP contribution in [0.2, 0.25) is 5.02 Å². The second kappa shape index (κ2) is 5.91. The number of amides is 1. The molecule has 2 unspecified atom stereocenters. The van der Waals surface area contributed by atoms with Crippen LogP contribution in [0, 0.1) is 11.7 Å². The highest BCUT2D eigenvalue weighted by atomic mass is 35.5. The van der Waals surface area contributed by atoms with Crippen molar-refractivity contribution in [2.24, 2.45) is 5.92 Å². The molecule has 0 spiro atoms. The molecule has 6 heteroatoms. The number of imidazole rings is 1. The number of hydrogen-bond donors (Lipinski definition) is 1. The van der Waals surface area contributed by atoms with Crippen molar-refractivity contribution in [2.75, 3.05) is 0 Å². The Hall–Kier alpha value is -2.40. The van der Waals surface area contributed by atoms with Crippen LogP contribution in [0.25, 0.3) is 5.65 Å². The van der Waals surface area contributed by atoms with Crippen LogP contribution in [0.4, 0.5) is 4.39 Å². The fourth-order valence-electron chi connectivity index (χ4n) is 3.02. The Kier molecular flexibility index (Phi) is 3.73. The number of benzene rings is 1. The van der Waals surface area contributed by atoms with Gasteiger partial charge in [0, 0.05) is 18.3 Å². The Morgan fingerprint density at radius 2 is 2.12 bits per heavy atom. The average molecular weight is 344 g/mol. The smallest absolute Gasteiger partial charge is 0.224 e. The molecular weight excluding hydrogens is 329 g/mol. The summed E-state index contributed by atoms with van der Waals surface area (Å²) in [4.78, 5) is 16.7. The van der Waals surface area contributed by atoms with Gasteiger partial charge in [0.15, 0.2) is 0 Å². The molecular formula is C18H15ClFN3O. The number of nitrogens with one attached hydrogen (secondary N) is 1. The Morgan fingerprint density at radius 1 is 1.29 bits per heavy atom. The molecule has 1 aromatic carbocycles. The summed E-state index contributed by atoms with van der Waals surface area (Å²) >= 11 is 5.94. The van der Waals surface area contributed by atoms with E-state index >= 15 is 0 Å². The lowest BCUT2D eigenvalue weighted by Gasteiger charge is -2.04. The summed E-state index contributed by atoms with van der Waals surface area (Å²) < 4.78 is 15.6. The number of fused-ring (bicyclic) bond motifs is 1. The summed E-state index contributed by atoms with van der Waals surface area (Å²) in [5.74, 6) is -0.479. The van der Waals surface area contributed by atoms with Crippen molar-refractivity contribution in [3.8, 4) is 0 Å². The van der Waals surface area contributed by atoms with E-state index in [0.29, 0.717) is 23.6 Å². The zero-order chi connectivity index (χ0) is 16.7. The van der Waals surface area contributed by atoms with Gasteiger partial charge in [-0.2, -0.15) is 0 Å². The highest BCUT2D eigenvalue weighted by Crippen LogP contribution is 2.48. The minimum atomic E-state index is -0.241. The first-order valence-electron chi connectivity index (χ1n) is 7.77. The molecule has 122 valence electrons. The number of nitrogens with zero attached hydrogens (tertiary/aromatic N) is 2. The quantitative estimate of drug-likeness (QED) is 0.787. The van der Waals surface area contributed by atoms with Crippen LogP contribution in [0.15, 0.2) is 48.8 Å².